The van der Waals surface area contributed by atoms with Crippen LogP contribution in [0.5, 0.6) is 0 Å². The molecule has 0 spiro atoms. The molecule has 0 atom stereocenters. The van der Waals surface area contributed by atoms with E-state index in [1.165, 1.54) is 33.0 Å². The number of hydrogen-bond donors (Lipinski definition) is 0. The largest absolute Gasteiger partial charge is 0.0622 e. The number of halogens is 1. The Morgan fingerprint density at radius 3 is 1.87 bits per heavy atom. The lowest BCUT2D eigenvalue weighted by Gasteiger charge is -2.13. The van der Waals surface area contributed by atoms with Gasteiger partial charge >= 0.3 is 0 Å². The standard InChI is InChI=1S/C22H15Br/c23-22-15-7-13-20-19(12-6-14-21(20)22)18-11-5-4-10-17(18)16-8-2-1-3-9-16/h1-15H. The Bertz CT molecular complexity index is 971. The molecule has 0 N–H and O–H groups in total. The molecule has 0 saturated carbocycles. The first-order valence-electron chi connectivity index (χ1n) is 7.67. The van der Waals surface area contributed by atoms with Crippen LogP contribution in [0.3, 0.4) is 0 Å². The van der Waals surface area contributed by atoms with Crippen LogP contribution in [0.15, 0.2) is 95.5 Å². The fourth-order valence-electron chi connectivity index (χ4n) is 3.09. The Balaban J connectivity index is 2.02. The van der Waals surface area contributed by atoms with Crippen LogP contribution in [0.2, 0.25) is 0 Å². The van der Waals surface area contributed by atoms with E-state index in [0.717, 1.165) is 4.47 Å². The first kappa shape index (κ1) is 14.2. The third kappa shape index (κ3) is 2.58. The Kier molecular flexibility index (Phi) is 3.72. The zero-order valence-electron chi connectivity index (χ0n) is 12.5. The molecule has 0 nitrogen and oxygen atoms in total. The Labute approximate surface area is 144 Å². The highest BCUT2D eigenvalue weighted by Crippen LogP contribution is 2.37. The summed E-state index contributed by atoms with van der Waals surface area (Å²) in [5.41, 5.74) is 5.04. The van der Waals surface area contributed by atoms with E-state index in [2.05, 4.69) is 107 Å². The van der Waals surface area contributed by atoms with Crippen molar-refractivity contribution < 1.29 is 0 Å². The zero-order valence-corrected chi connectivity index (χ0v) is 14.1. The van der Waals surface area contributed by atoms with Gasteiger partial charge in [0.25, 0.3) is 0 Å². The molecule has 0 unspecified atom stereocenters. The molecule has 0 aliphatic carbocycles. The maximum atomic E-state index is 3.67. The molecule has 0 amide bonds. The molecule has 0 bridgehead atoms. The Hall–Kier alpha value is -2.38. The molecular weight excluding hydrogens is 344 g/mol. The summed E-state index contributed by atoms with van der Waals surface area (Å²) in [7, 11) is 0. The summed E-state index contributed by atoms with van der Waals surface area (Å²) in [6, 6.07) is 32.1. The van der Waals surface area contributed by atoms with Crippen molar-refractivity contribution in [2.45, 2.75) is 0 Å². The van der Waals surface area contributed by atoms with E-state index < -0.39 is 0 Å². The number of fused-ring (bicyclic) bond motifs is 1. The van der Waals surface area contributed by atoms with Gasteiger partial charge in [-0.3, -0.25) is 0 Å². The molecule has 0 radical (unpaired) electrons. The van der Waals surface area contributed by atoms with Crippen molar-refractivity contribution in [2.75, 3.05) is 0 Å². The van der Waals surface area contributed by atoms with Gasteiger partial charge in [-0.15, -0.1) is 0 Å². The van der Waals surface area contributed by atoms with Gasteiger partial charge in [0.1, 0.15) is 0 Å². The highest BCUT2D eigenvalue weighted by Gasteiger charge is 2.10. The predicted molar refractivity (Wildman–Crippen MR) is 103 cm³/mol. The van der Waals surface area contributed by atoms with Gasteiger partial charge in [0.15, 0.2) is 0 Å². The topological polar surface area (TPSA) is 0 Å². The molecule has 1 heteroatoms. The molecule has 0 aliphatic rings. The van der Waals surface area contributed by atoms with Gasteiger partial charge in [0.05, 0.1) is 0 Å². The Morgan fingerprint density at radius 1 is 0.435 bits per heavy atom. The lowest BCUT2D eigenvalue weighted by atomic mass is 9.91. The van der Waals surface area contributed by atoms with Crippen LogP contribution >= 0.6 is 15.9 Å². The Morgan fingerprint density at radius 2 is 1.04 bits per heavy atom. The van der Waals surface area contributed by atoms with Crippen LogP contribution in [-0.4, -0.2) is 0 Å². The van der Waals surface area contributed by atoms with Crippen molar-refractivity contribution in [3.63, 3.8) is 0 Å². The lowest BCUT2D eigenvalue weighted by Crippen LogP contribution is -1.87. The molecule has 110 valence electrons. The maximum absolute atomic E-state index is 3.67. The predicted octanol–water partition coefficient (Wildman–Crippen LogP) is 6.94. The van der Waals surface area contributed by atoms with Gasteiger partial charge in [0.2, 0.25) is 0 Å². The maximum Gasteiger partial charge on any atom is 0.0253 e. The summed E-state index contributed by atoms with van der Waals surface area (Å²) in [5, 5.41) is 2.51. The fraction of sp³-hybridized carbons (Fsp3) is 0. The second-order valence-corrected chi connectivity index (χ2v) is 6.41. The summed E-state index contributed by atoms with van der Waals surface area (Å²) < 4.78 is 1.13. The zero-order chi connectivity index (χ0) is 15.6. The van der Waals surface area contributed by atoms with E-state index >= 15 is 0 Å². The molecule has 0 heterocycles. The molecule has 0 saturated heterocycles. The van der Waals surface area contributed by atoms with Crippen molar-refractivity contribution >= 4 is 26.7 Å². The van der Waals surface area contributed by atoms with Crippen molar-refractivity contribution in [3.05, 3.63) is 95.5 Å². The van der Waals surface area contributed by atoms with Crippen LogP contribution in [0.4, 0.5) is 0 Å². The monoisotopic (exact) mass is 358 g/mol. The van der Waals surface area contributed by atoms with Gasteiger partial charge in [-0.05, 0) is 39.1 Å². The van der Waals surface area contributed by atoms with E-state index in [9.17, 15) is 0 Å². The minimum atomic E-state index is 1.13. The number of rotatable bonds is 2. The number of benzene rings is 4. The van der Waals surface area contributed by atoms with Gasteiger partial charge in [-0.25, -0.2) is 0 Å². The summed E-state index contributed by atoms with van der Waals surface area (Å²) in [4.78, 5) is 0. The van der Waals surface area contributed by atoms with Crippen LogP contribution in [0.25, 0.3) is 33.0 Å². The van der Waals surface area contributed by atoms with Gasteiger partial charge in [0, 0.05) is 4.47 Å². The second-order valence-electron chi connectivity index (χ2n) is 5.55. The summed E-state index contributed by atoms with van der Waals surface area (Å²) >= 11 is 3.67. The third-order valence-corrected chi connectivity index (χ3v) is 4.86. The molecule has 4 aromatic carbocycles. The van der Waals surface area contributed by atoms with E-state index in [4.69, 9.17) is 0 Å². The summed E-state index contributed by atoms with van der Waals surface area (Å²) in [6.45, 7) is 0. The normalized spacial score (nSPS) is 10.8. The van der Waals surface area contributed by atoms with E-state index in [-0.39, 0.29) is 0 Å². The fourth-order valence-corrected chi connectivity index (χ4v) is 3.59. The van der Waals surface area contributed by atoms with Crippen LogP contribution in [-0.2, 0) is 0 Å². The average Bonchev–Trinajstić information content (AvgIpc) is 2.62. The van der Waals surface area contributed by atoms with Crippen molar-refractivity contribution in [1.29, 1.82) is 0 Å². The molecule has 4 rings (SSSR count). The highest BCUT2D eigenvalue weighted by atomic mass is 79.9. The molecule has 4 aromatic rings. The average molecular weight is 359 g/mol. The molecule has 0 aromatic heterocycles. The molecule has 0 aliphatic heterocycles. The van der Waals surface area contributed by atoms with Crippen molar-refractivity contribution in [2.24, 2.45) is 0 Å². The third-order valence-electron chi connectivity index (χ3n) is 4.17. The lowest BCUT2D eigenvalue weighted by molar-refractivity contribution is 1.59. The summed E-state index contributed by atoms with van der Waals surface area (Å²) in [5.74, 6) is 0. The first-order valence-corrected chi connectivity index (χ1v) is 8.46. The molecule has 0 fully saturated rings. The van der Waals surface area contributed by atoms with Crippen molar-refractivity contribution in [1.82, 2.24) is 0 Å². The van der Waals surface area contributed by atoms with Crippen molar-refractivity contribution in [3.8, 4) is 22.3 Å². The summed E-state index contributed by atoms with van der Waals surface area (Å²) in [6.07, 6.45) is 0. The number of hydrogen-bond acceptors (Lipinski definition) is 0. The molecule has 23 heavy (non-hydrogen) atoms. The van der Waals surface area contributed by atoms with E-state index in [1.54, 1.807) is 0 Å². The van der Waals surface area contributed by atoms with E-state index in [1.807, 2.05) is 0 Å². The SMILES string of the molecule is Brc1cccc2c(-c3ccccc3-c3ccccc3)cccc12. The van der Waals surface area contributed by atoms with Crippen LogP contribution in [0, 0.1) is 0 Å². The minimum absolute atomic E-state index is 1.13. The van der Waals surface area contributed by atoms with Gasteiger partial charge < -0.3 is 0 Å². The van der Waals surface area contributed by atoms with Gasteiger partial charge in [-0.1, -0.05) is 101 Å². The first-order chi connectivity index (χ1) is 11.3. The van der Waals surface area contributed by atoms with Crippen LogP contribution in [0.1, 0.15) is 0 Å². The molecular formula is C22H15Br. The highest BCUT2D eigenvalue weighted by molar-refractivity contribution is 9.10. The van der Waals surface area contributed by atoms with Gasteiger partial charge in [-0.2, -0.15) is 0 Å². The van der Waals surface area contributed by atoms with Crippen LogP contribution < -0.4 is 0 Å². The second kappa shape index (κ2) is 6.02. The smallest absolute Gasteiger partial charge is 0.0253 e. The van der Waals surface area contributed by atoms with E-state index in [0.29, 0.717) is 0 Å². The minimum Gasteiger partial charge on any atom is -0.0622 e. The quantitative estimate of drug-likeness (QED) is 0.364.